The van der Waals surface area contributed by atoms with Gasteiger partial charge in [-0.15, -0.1) is 0 Å². The fourth-order valence-electron chi connectivity index (χ4n) is 4.20. The highest BCUT2D eigenvalue weighted by molar-refractivity contribution is 5.86. The molecule has 2 aliphatic rings. The summed E-state index contributed by atoms with van der Waals surface area (Å²) >= 11 is 0. The number of carboxylic acids is 1. The maximum atomic E-state index is 10.9. The molecule has 3 nitrogen and oxygen atoms in total. The van der Waals surface area contributed by atoms with Gasteiger partial charge >= 0.3 is 5.97 Å². The third-order valence-corrected chi connectivity index (χ3v) is 5.60. The van der Waals surface area contributed by atoms with Crippen LogP contribution in [0.15, 0.2) is 36.0 Å². The average molecular weight is 304 g/mol. The molecule has 22 heavy (non-hydrogen) atoms. The summed E-state index contributed by atoms with van der Waals surface area (Å²) in [5, 5.41) is 19.4. The summed E-state index contributed by atoms with van der Waals surface area (Å²) in [5.41, 5.74) is 0.345. The van der Waals surface area contributed by atoms with Crippen LogP contribution in [0.4, 0.5) is 0 Å². The van der Waals surface area contributed by atoms with Gasteiger partial charge in [0.2, 0.25) is 0 Å². The Hall–Kier alpha value is -1.35. The van der Waals surface area contributed by atoms with E-state index in [0.717, 1.165) is 6.42 Å². The number of hydrogen-bond acceptors (Lipinski definition) is 2. The maximum absolute atomic E-state index is 10.9. The highest BCUT2D eigenvalue weighted by Gasteiger charge is 2.44. The summed E-state index contributed by atoms with van der Waals surface area (Å²) < 4.78 is 0. The Bertz CT molecular complexity index is 503. The van der Waals surface area contributed by atoms with Gasteiger partial charge in [-0.3, -0.25) is 0 Å². The molecule has 1 fully saturated rings. The SMILES string of the molecule is C/C(=C\C=C\[C@@H]1[C@H]2[C@H](C)[C@@H](O)[C@H](C)C[C@@H]2C=C[C@@H]1C)C(=O)O. The average Bonchev–Trinajstić information content (AvgIpc) is 2.47. The van der Waals surface area contributed by atoms with Crippen LogP contribution in [-0.2, 0) is 4.79 Å². The van der Waals surface area contributed by atoms with Crippen molar-refractivity contribution in [2.45, 2.75) is 40.2 Å². The number of aliphatic hydroxyl groups excluding tert-OH is 1. The maximum Gasteiger partial charge on any atom is 0.331 e. The van der Waals surface area contributed by atoms with E-state index in [9.17, 15) is 9.90 Å². The number of carboxylic acid groups (broad SMARTS) is 1. The van der Waals surface area contributed by atoms with Crippen LogP contribution < -0.4 is 0 Å². The molecule has 0 aromatic heterocycles. The molecule has 0 spiro atoms. The second-order valence-electron chi connectivity index (χ2n) is 7.16. The van der Waals surface area contributed by atoms with Gasteiger partial charge in [0.15, 0.2) is 0 Å². The van der Waals surface area contributed by atoms with Crippen LogP contribution in [0.3, 0.4) is 0 Å². The van der Waals surface area contributed by atoms with E-state index in [2.05, 4.69) is 39.0 Å². The van der Waals surface area contributed by atoms with Crippen LogP contribution in [-0.4, -0.2) is 22.3 Å². The highest BCUT2D eigenvalue weighted by Crippen LogP contribution is 2.48. The first-order valence-electron chi connectivity index (χ1n) is 8.27. The fourth-order valence-corrected chi connectivity index (χ4v) is 4.20. The smallest absolute Gasteiger partial charge is 0.331 e. The largest absolute Gasteiger partial charge is 0.478 e. The number of aliphatic carboxylic acids is 1. The third kappa shape index (κ3) is 3.35. The summed E-state index contributed by atoms with van der Waals surface area (Å²) in [7, 11) is 0. The van der Waals surface area contributed by atoms with E-state index in [0.29, 0.717) is 35.2 Å². The van der Waals surface area contributed by atoms with Crippen LogP contribution in [0.5, 0.6) is 0 Å². The first kappa shape index (κ1) is 17.0. The topological polar surface area (TPSA) is 57.5 Å². The molecule has 0 amide bonds. The molecule has 0 aliphatic heterocycles. The van der Waals surface area contributed by atoms with Gasteiger partial charge in [0, 0.05) is 5.57 Å². The van der Waals surface area contributed by atoms with Gasteiger partial charge in [-0.25, -0.2) is 4.79 Å². The zero-order valence-corrected chi connectivity index (χ0v) is 13.9. The Morgan fingerprint density at radius 1 is 1.23 bits per heavy atom. The molecule has 0 aromatic rings. The van der Waals surface area contributed by atoms with Gasteiger partial charge in [-0.05, 0) is 48.9 Å². The lowest BCUT2D eigenvalue weighted by Crippen LogP contribution is -2.46. The summed E-state index contributed by atoms with van der Waals surface area (Å²) in [6.07, 6.45) is 11.1. The molecule has 2 N–H and O–H groups in total. The molecule has 2 aliphatic carbocycles. The lowest BCUT2D eigenvalue weighted by Gasteiger charge is -2.48. The molecule has 3 heteroatoms. The zero-order chi connectivity index (χ0) is 16.4. The van der Waals surface area contributed by atoms with Crippen molar-refractivity contribution in [2.75, 3.05) is 0 Å². The van der Waals surface area contributed by atoms with E-state index < -0.39 is 5.97 Å². The molecule has 0 radical (unpaired) electrons. The number of carbonyl (C=O) groups is 1. The minimum Gasteiger partial charge on any atom is -0.478 e. The van der Waals surface area contributed by atoms with Crippen LogP contribution in [0.2, 0.25) is 0 Å². The van der Waals surface area contributed by atoms with Gasteiger partial charge < -0.3 is 10.2 Å². The predicted molar refractivity (Wildman–Crippen MR) is 88.3 cm³/mol. The van der Waals surface area contributed by atoms with Crippen molar-refractivity contribution in [2.24, 2.45) is 35.5 Å². The van der Waals surface area contributed by atoms with Crippen molar-refractivity contribution in [1.82, 2.24) is 0 Å². The van der Waals surface area contributed by atoms with Crippen LogP contribution in [0.1, 0.15) is 34.1 Å². The van der Waals surface area contributed by atoms with Gasteiger partial charge in [-0.2, -0.15) is 0 Å². The number of fused-ring (bicyclic) bond motifs is 1. The van der Waals surface area contributed by atoms with Gasteiger partial charge in [0.1, 0.15) is 0 Å². The number of rotatable bonds is 3. The van der Waals surface area contributed by atoms with Crippen molar-refractivity contribution < 1.29 is 15.0 Å². The molecular weight excluding hydrogens is 276 g/mol. The minimum absolute atomic E-state index is 0.243. The summed E-state index contributed by atoms with van der Waals surface area (Å²) in [4.78, 5) is 10.9. The van der Waals surface area contributed by atoms with Crippen LogP contribution >= 0.6 is 0 Å². The number of hydrogen-bond donors (Lipinski definition) is 2. The first-order chi connectivity index (χ1) is 10.3. The van der Waals surface area contributed by atoms with E-state index >= 15 is 0 Å². The Kier molecular flexibility index (Phi) is 5.28. The number of allylic oxidation sites excluding steroid dienone is 5. The molecule has 0 bridgehead atoms. The highest BCUT2D eigenvalue weighted by atomic mass is 16.4. The normalized spacial score (nSPS) is 42.4. The molecule has 0 aromatic carbocycles. The van der Waals surface area contributed by atoms with E-state index in [-0.39, 0.29) is 12.0 Å². The molecular formula is C19H28O3. The molecule has 1 saturated carbocycles. The Labute approximate surface area is 133 Å². The predicted octanol–water partition coefficient (Wildman–Crippen LogP) is 3.66. The summed E-state index contributed by atoms with van der Waals surface area (Å²) in [5.74, 6) is 1.44. The zero-order valence-electron chi connectivity index (χ0n) is 13.9. The van der Waals surface area contributed by atoms with E-state index in [1.165, 1.54) is 0 Å². The molecule has 7 atom stereocenters. The molecule has 2 rings (SSSR count). The monoisotopic (exact) mass is 304 g/mol. The van der Waals surface area contributed by atoms with Crippen molar-refractivity contribution in [1.29, 1.82) is 0 Å². The Balaban J connectivity index is 2.22. The van der Waals surface area contributed by atoms with Gasteiger partial charge in [-0.1, -0.05) is 51.2 Å². The standard InChI is InChI=1S/C19H28O3/c1-11-8-9-15-10-13(3)18(20)14(4)17(15)16(11)7-5-6-12(2)19(21)22/h5-9,11,13-18,20H,10H2,1-4H3,(H,21,22)/b7-5+,12-6+/t11-,13+,14-,15-,16-,17-,18-/m0/s1. The van der Waals surface area contributed by atoms with Gasteiger partial charge in [0.25, 0.3) is 0 Å². The van der Waals surface area contributed by atoms with Crippen LogP contribution in [0.25, 0.3) is 0 Å². The summed E-state index contributed by atoms with van der Waals surface area (Å²) in [6, 6.07) is 0. The molecule has 0 unspecified atom stereocenters. The van der Waals surface area contributed by atoms with E-state index in [1.807, 2.05) is 6.08 Å². The molecule has 122 valence electrons. The minimum atomic E-state index is -0.880. The third-order valence-electron chi connectivity index (χ3n) is 5.60. The molecule has 0 saturated heterocycles. The van der Waals surface area contributed by atoms with E-state index in [1.54, 1.807) is 13.0 Å². The Morgan fingerprint density at radius 3 is 2.55 bits per heavy atom. The van der Waals surface area contributed by atoms with Gasteiger partial charge in [0.05, 0.1) is 6.10 Å². The fraction of sp³-hybridized carbons (Fsp3) is 0.632. The van der Waals surface area contributed by atoms with Crippen molar-refractivity contribution in [3.63, 3.8) is 0 Å². The lowest BCUT2D eigenvalue weighted by molar-refractivity contribution is -0.132. The quantitative estimate of drug-likeness (QED) is 0.475. The van der Waals surface area contributed by atoms with E-state index in [4.69, 9.17) is 5.11 Å². The number of aliphatic hydroxyl groups is 1. The van der Waals surface area contributed by atoms with Crippen molar-refractivity contribution >= 4 is 5.97 Å². The second-order valence-corrected chi connectivity index (χ2v) is 7.16. The lowest BCUT2D eigenvalue weighted by atomic mass is 9.58. The van der Waals surface area contributed by atoms with Crippen molar-refractivity contribution in [3.8, 4) is 0 Å². The first-order valence-corrected chi connectivity index (χ1v) is 8.27. The summed E-state index contributed by atoms with van der Waals surface area (Å²) in [6.45, 7) is 8.09. The van der Waals surface area contributed by atoms with Crippen LogP contribution in [0, 0.1) is 35.5 Å². The Morgan fingerprint density at radius 2 is 1.91 bits per heavy atom. The van der Waals surface area contributed by atoms with Crippen molar-refractivity contribution in [3.05, 3.63) is 36.0 Å². The second kappa shape index (κ2) is 6.82. The molecule has 0 heterocycles.